The normalized spacial score (nSPS) is 31.6. The standard InChI is InChI=1S/C14H27NO2/c1-11(16-2)9-13(15)12-5-8-17-14(10-12)6-3-4-7-14/h11-13H,3-10,15H2,1-2H3. The van der Waals surface area contributed by atoms with Crippen molar-refractivity contribution in [2.24, 2.45) is 11.7 Å². The molecule has 1 aliphatic carbocycles. The highest BCUT2D eigenvalue weighted by atomic mass is 16.5. The quantitative estimate of drug-likeness (QED) is 0.822. The first kappa shape index (κ1) is 13.3. The minimum atomic E-state index is 0.191. The van der Waals surface area contributed by atoms with Gasteiger partial charge in [-0.3, -0.25) is 0 Å². The molecule has 17 heavy (non-hydrogen) atoms. The van der Waals surface area contributed by atoms with Gasteiger partial charge in [-0.05, 0) is 44.9 Å². The van der Waals surface area contributed by atoms with Gasteiger partial charge in [0.15, 0.2) is 0 Å². The lowest BCUT2D eigenvalue weighted by Crippen LogP contribution is -2.44. The maximum absolute atomic E-state index is 6.34. The van der Waals surface area contributed by atoms with Crippen LogP contribution in [0, 0.1) is 5.92 Å². The van der Waals surface area contributed by atoms with Crippen molar-refractivity contribution in [3.63, 3.8) is 0 Å². The minimum Gasteiger partial charge on any atom is -0.382 e. The molecule has 0 aromatic heterocycles. The van der Waals surface area contributed by atoms with Crippen LogP contribution in [0.3, 0.4) is 0 Å². The van der Waals surface area contributed by atoms with Crippen molar-refractivity contribution in [1.82, 2.24) is 0 Å². The molecular weight excluding hydrogens is 214 g/mol. The average Bonchev–Trinajstić information content (AvgIpc) is 2.77. The summed E-state index contributed by atoms with van der Waals surface area (Å²) in [5.41, 5.74) is 6.53. The largest absolute Gasteiger partial charge is 0.382 e. The second-order valence-electron chi connectivity index (χ2n) is 5.94. The van der Waals surface area contributed by atoms with Crippen molar-refractivity contribution in [2.45, 2.75) is 69.6 Å². The molecule has 3 heteroatoms. The van der Waals surface area contributed by atoms with Crippen LogP contribution in [0.2, 0.25) is 0 Å². The SMILES string of the molecule is COC(C)CC(N)C1CCOC2(CCCC2)C1. The highest BCUT2D eigenvalue weighted by molar-refractivity contribution is 4.93. The molecular formula is C14H27NO2. The van der Waals surface area contributed by atoms with Gasteiger partial charge in [-0.2, -0.15) is 0 Å². The molecule has 0 radical (unpaired) electrons. The van der Waals surface area contributed by atoms with Crippen LogP contribution in [-0.4, -0.2) is 31.5 Å². The van der Waals surface area contributed by atoms with Crippen LogP contribution in [0.25, 0.3) is 0 Å². The fourth-order valence-corrected chi connectivity index (χ4v) is 3.47. The summed E-state index contributed by atoms with van der Waals surface area (Å²) < 4.78 is 11.4. The molecule has 2 aliphatic rings. The Morgan fingerprint density at radius 1 is 1.41 bits per heavy atom. The van der Waals surface area contributed by atoms with Crippen LogP contribution >= 0.6 is 0 Å². The summed E-state index contributed by atoms with van der Waals surface area (Å²) in [6.07, 6.45) is 8.69. The van der Waals surface area contributed by atoms with E-state index in [0.29, 0.717) is 5.92 Å². The Labute approximate surface area is 105 Å². The predicted molar refractivity (Wildman–Crippen MR) is 68.9 cm³/mol. The van der Waals surface area contributed by atoms with Crippen molar-refractivity contribution < 1.29 is 9.47 Å². The van der Waals surface area contributed by atoms with Crippen LogP contribution in [0.5, 0.6) is 0 Å². The second kappa shape index (κ2) is 5.68. The second-order valence-corrected chi connectivity index (χ2v) is 5.94. The van der Waals surface area contributed by atoms with E-state index in [1.54, 1.807) is 7.11 Å². The van der Waals surface area contributed by atoms with Gasteiger partial charge in [0.25, 0.3) is 0 Å². The minimum absolute atomic E-state index is 0.191. The first-order valence-electron chi connectivity index (χ1n) is 7.07. The molecule has 1 aliphatic heterocycles. The van der Waals surface area contributed by atoms with Gasteiger partial charge in [0.1, 0.15) is 0 Å². The summed E-state index contributed by atoms with van der Waals surface area (Å²) in [5.74, 6) is 0.624. The van der Waals surface area contributed by atoms with E-state index in [1.165, 1.54) is 32.1 Å². The van der Waals surface area contributed by atoms with E-state index in [4.69, 9.17) is 15.2 Å². The maximum atomic E-state index is 6.34. The number of nitrogens with two attached hydrogens (primary N) is 1. The Morgan fingerprint density at radius 2 is 2.12 bits per heavy atom. The van der Waals surface area contributed by atoms with E-state index >= 15 is 0 Å². The predicted octanol–water partition coefficient (Wildman–Crippen LogP) is 2.48. The molecule has 1 saturated heterocycles. The van der Waals surface area contributed by atoms with Gasteiger partial charge < -0.3 is 15.2 Å². The molecule has 1 spiro atoms. The van der Waals surface area contributed by atoms with Crippen LogP contribution in [-0.2, 0) is 9.47 Å². The molecule has 1 heterocycles. The monoisotopic (exact) mass is 241 g/mol. The highest BCUT2D eigenvalue weighted by Crippen LogP contribution is 2.42. The molecule has 2 fully saturated rings. The highest BCUT2D eigenvalue weighted by Gasteiger charge is 2.41. The van der Waals surface area contributed by atoms with Gasteiger partial charge in [0.05, 0.1) is 11.7 Å². The van der Waals surface area contributed by atoms with Crippen molar-refractivity contribution in [1.29, 1.82) is 0 Å². The molecule has 3 nitrogen and oxygen atoms in total. The number of rotatable bonds is 4. The van der Waals surface area contributed by atoms with Gasteiger partial charge in [0.2, 0.25) is 0 Å². The smallest absolute Gasteiger partial charge is 0.0685 e. The van der Waals surface area contributed by atoms with Crippen molar-refractivity contribution in [2.75, 3.05) is 13.7 Å². The van der Waals surface area contributed by atoms with Crippen LogP contribution in [0.1, 0.15) is 51.9 Å². The van der Waals surface area contributed by atoms with Gasteiger partial charge in [-0.1, -0.05) is 12.8 Å². The molecule has 0 aromatic carbocycles. The summed E-state index contributed by atoms with van der Waals surface area (Å²) in [6, 6.07) is 0.270. The lowest BCUT2D eigenvalue weighted by Gasteiger charge is -2.40. The molecule has 0 amide bonds. The molecule has 3 atom stereocenters. The summed E-state index contributed by atoms with van der Waals surface area (Å²) in [4.78, 5) is 0. The van der Waals surface area contributed by atoms with Crippen molar-refractivity contribution >= 4 is 0 Å². The Hall–Kier alpha value is -0.120. The molecule has 2 rings (SSSR count). The van der Waals surface area contributed by atoms with E-state index in [2.05, 4.69) is 6.92 Å². The summed E-state index contributed by atoms with van der Waals surface area (Å²) in [5, 5.41) is 0. The van der Waals surface area contributed by atoms with Gasteiger partial charge in [0, 0.05) is 19.8 Å². The lowest BCUT2D eigenvalue weighted by atomic mass is 9.79. The third-order valence-corrected chi connectivity index (χ3v) is 4.66. The zero-order valence-corrected chi connectivity index (χ0v) is 11.3. The molecule has 100 valence electrons. The molecule has 3 unspecified atom stereocenters. The summed E-state index contributed by atoms with van der Waals surface area (Å²) >= 11 is 0. The first-order chi connectivity index (χ1) is 8.15. The lowest BCUT2D eigenvalue weighted by molar-refractivity contribution is -0.0979. The molecule has 1 saturated carbocycles. The van der Waals surface area contributed by atoms with Gasteiger partial charge in [-0.25, -0.2) is 0 Å². The zero-order valence-electron chi connectivity index (χ0n) is 11.3. The molecule has 0 bridgehead atoms. The number of hydrogen-bond acceptors (Lipinski definition) is 3. The van der Waals surface area contributed by atoms with Crippen molar-refractivity contribution in [3.8, 4) is 0 Å². The summed E-state index contributed by atoms with van der Waals surface area (Å²) in [7, 11) is 1.76. The number of hydrogen-bond donors (Lipinski definition) is 1. The third kappa shape index (κ3) is 3.21. The van der Waals surface area contributed by atoms with E-state index in [1.807, 2.05) is 0 Å². The van der Waals surface area contributed by atoms with Crippen molar-refractivity contribution in [3.05, 3.63) is 0 Å². The van der Waals surface area contributed by atoms with E-state index in [9.17, 15) is 0 Å². The topological polar surface area (TPSA) is 44.5 Å². The van der Waals surface area contributed by atoms with Crippen LogP contribution in [0.4, 0.5) is 0 Å². The fourth-order valence-electron chi connectivity index (χ4n) is 3.47. The molecule has 2 N–H and O–H groups in total. The van der Waals surface area contributed by atoms with E-state index < -0.39 is 0 Å². The fraction of sp³-hybridized carbons (Fsp3) is 1.00. The Morgan fingerprint density at radius 3 is 2.76 bits per heavy atom. The maximum Gasteiger partial charge on any atom is 0.0685 e. The average molecular weight is 241 g/mol. The summed E-state index contributed by atoms with van der Waals surface area (Å²) in [6.45, 7) is 3.00. The van der Waals surface area contributed by atoms with Gasteiger partial charge in [-0.15, -0.1) is 0 Å². The van der Waals surface area contributed by atoms with E-state index in [-0.39, 0.29) is 17.7 Å². The first-order valence-corrected chi connectivity index (χ1v) is 7.07. The zero-order chi connectivity index (χ0) is 12.3. The number of methoxy groups -OCH3 is 1. The third-order valence-electron chi connectivity index (χ3n) is 4.66. The Bertz CT molecular complexity index is 238. The Balaban J connectivity index is 1.88. The Kier molecular flexibility index (Phi) is 4.45. The number of ether oxygens (including phenoxy) is 2. The molecule has 0 aromatic rings. The van der Waals surface area contributed by atoms with Gasteiger partial charge >= 0.3 is 0 Å². The van der Waals surface area contributed by atoms with Crippen LogP contribution < -0.4 is 5.73 Å². The van der Waals surface area contributed by atoms with Crippen LogP contribution in [0.15, 0.2) is 0 Å². The van der Waals surface area contributed by atoms with E-state index in [0.717, 1.165) is 19.4 Å².